The molecule has 3 rings (SSSR count). The molecule has 1 unspecified atom stereocenters. The van der Waals surface area contributed by atoms with E-state index in [0.717, 1.165) is 5.56 Å². The average Bonchev–Trinajstić information content (AvgIpc) is 3.25. The number of hydrogen-bond donors (Lipinski definition) is 1. The first-order valence-corrected chi connectivity index (χ1v) is 8.82. The van der Waals surface area contributed by atoms with Gasteiger partial charge >= 0.3 is 0 Å². The fourth-order valence-corrected chi connectivity index (χ4v) is 2.90. The summed E-state index contributed by atoms with van der Waals surface area (Å²) in [5, 5.41) is 15.1. The van der Waals surface area contributed by atoms with Crippen molar-refractivity contribution in [2.75, 3.05) is 5.32 Å². The molecule has 0 aliphatic rings. The highest BCUT2D eigenvalue weighted by atomic mass is 32.2. The minimum absolute atomic E-state index is 0.146. The zero-order valence-corrected chi connectivity index (χ0v) is 15.0. The van der Waals surface area contributed by atoms with Gasteiger partial charge in [0, 0.05) is 17.7 Å². The summed E-state index contributed by atoms with van der Waals surface area (Å²) in [6, 6.07) is 11.5. The molecule has 2 aromatic heterocycles. The van der Waals surface area contributed by atoms with Crippen LogP contribution >= 0.6 is 11.8 Å². The molecule has 1 amide bonds. The molecule has 0 fully saturated rings. The first kappa shape index (κ1) is 17.2. The van der Waals surface area contributed by atoms with E-state index in [-0.39, 0.29) is 17.2 Å². The van der Waals surface area contributed by atoms with Crippen molar-refractivity contribution in [3.05, 3.63) is 42.6 Å². The van der Waals surface area contributed by atoms with Crippen LogP contribution in [0.15, 0.2) is 52.2 Å². The predicted octanol–water partition coefficient (Wildman–Crippen LogP) is 3.63. The molecule has 0 spiro atoms. The van der Waals surface area contributed by atoms with Crippen molar-refractivity contribution in [3.8, 4) is 11.5 Å². The number of hydrogen-bond acceptors (Lipinski definition) is 6. The first-order chi connectivity index (χ1) is 12.0. The highest BCUT2D eigenvalue weighted by molar-refractivity contribution is 8.00. The molecule has 0 aliphatic carbocycles. The molecule has 0 saturated heterocycles. The smallest absolute Gasteiger partial charge is 0.277 e. The molecule has 0 radical (unpaired) electrons. The van der Waals surface area contributed by atoms with E-state index >= 15 is 0 Å². The van der Waals surface area contributed by atoms with E-state index in [0.29, 0.717) is 16.9 Å². The lowest BCUT2D eigenvalue weighted by atomic mass is 10.2. The van der Waals surface area contributed by atoms with E-state index in [9.17, 15) is 4.79 Å². The fraction of sp³-hybridized carbons (Fsp3) is 0.294. The standard InChI is InChI=1S/C17H19N5O2S/c1-11(2)22-14(9-10-18-22)19-15(23)12(3)25-17-21-20-16(24-17)13-7-5-4-6-8-13/h4-12H,1-3H3,(H,19,23). The molecule has 0 aliphatic heterocycles. The largest absolute Gasteiger partial charge is 0.411 e. The van der Waals surface area contributed by atoms with E-state index < -0.39 is 0 Å². The molecule has 0 saturated carbocycles. The van der Waals surface area contributed by atoms with Gasteiger partial charge in [-0.2, -0.15) is 5.10 Å². The van der Waals surface area contributed by atoms with E-state index in [2.05, 4.69) is 20.6 Å². The predicted molar refractivity (Wildman–Crippen MR) is 96.3 cm³/mol. The van der Waals surface area contributed by atoms with Crippen molar-refractivity contribution < 1.29 is 9.21 Å². The Kier molecular flexibility index (Phi) is 5.18. The van der Waals surface area contributed by atoms with Crippen LogP contribution in [-0.2, 0) is 4.79 Å². The topological polar surface area (TPSA) is 85.8 Å². The van der Waals surface area contributed by atoms with E-state index in [1.165, 1.54) is 11.8 Å². The Hall–Kier alpha value is -2.61. The van der Waals surface area contributed by atoms with Gasteiger partial charge in [0.1, 0.15) is 5.82 Å². The van der Waals surface area contributed by atoms with Gasteiger partial charge in [-0.1, -0.05) is 30.0 Å². The molecule has 25 heavy (non-hydrogen) atoms. The van der Waals surface area contributed by atoms with Crippen molar-refractivity contribution in [1.82, 2.24) is 20.0 Å². The number of nitrogens with one attached hydrogen (secondary N) is 1. The maximum atomic E-state index is 12.4. The lowest BCUT2D eigenvalue weighted by Gasteiger charge is -2.13. The van der Waals surface area contributed by atoms with Crippen LogP contribution in [0.4, 0.5) is 5.82 Å². The summed E-state index contributed by atoms with van der Waals surface area (Å²) in [6.07, 6.45) is 1.66. The van der Waals surface area contributed by atoms with Crippen LogP contribution in [0.1, 0.15) is 26.8 Å². The summed E-state index contributed by atoms with van der Waals surface area (Å²) in [5.41, 5.74) is 0.847. The Bertz CT molecular complexity index is 844. The van der Waals surface area contributed by atoms with Crippen LogP contribution in [0.2, 0.25) is 0 Å². The van der Waals surface area contributed by atoms with Gasteiger partial charge in [0.05, 0.1) is 11.4 Å². The van der Waals surface area contributed by atoms with Gasteiger partial charge in [-0.25, -0.2) is 4.68 Å². The molecular weight excluding hydrogens is 338 g/mol. The number of benzene rings is 1. The molecule has 0 bridgehead atoms. The van der Waals surface area contributed by atoms with Crippen LogP contribution in [0.5, 0.6) is 0 Å². The van der Waals surface area contributed by atoms with Gasteiger partial charge in [-0.3, -0.25) is 4.79 Å². The number of carbonyl (C=O) groups is 1. The van der Waals surface area contributed by atoms with Crippen LogP contribution in [-0.4, -0.2) is 31.1 Å². The second-order valence-corrected chi connectivity index (χ2v) is 7.04. The van der Waals surface area contributed by atoms with Crippen molar-refractivity contribution >= 4 is 23.5 Å². The maximum absolute atomic E-state index is 12.4. The van der Waals surface area contributed by atoms with Crippen LogP contribution in [0.3, 0.4) is 0 Å². The highest BCUT2D eigenvalue weighted by Crippen LogP contribution is 2.26. The Morgan fingerprint density at radius 3 is 2.64 bits per heavy atom. The second-order valence-electron chi connectivity index (χ2n) is 5.74. The van der Waals surface area contributed by atoms with Crippen LogP contribution < -0.4 is 5.32 Å². The first-order valence-electron chi connectivity index (χ1n) is 7.94. The van der Waals surface area contributed by atoms with E-state index in [1.54, 1.807) is 23.9 Å². The molecule has 1 N–H and O–H groups in total. The van der Waals surface area contributed by atoms with Gasteiger partial charge in [0.2, 0.25) is 11.8 Å². The van der Waals surface area contributed by atoms with Crippen molar-refractivity contribution in [2.45, 2.75) is 37.3 Å². The Morgan fingerprint density at radius 1 is 1.16 bits per heavy atom. The SMILES string of the molecule is CC(Sc1nnc(-c2ccccc2)o1)C(=O)Nc1ccnn1C(C)C. The number of carbonyl (C=O) groups excluding carboxylic acids is 1. The van der Waals surface area contributed by atoms with Crippen molar-refractivity contribution in [3.63, 3.8) is 0 Å². The summed E-state index contributed by atoms with van der Waals surface area (Å²) >= 11 is 1.22. The highest BCUT2D eigenvalue weighted by Gasteiger charge is 2.20. The molecule has 7 nitrogen and oxygen atoms in total. The van der Waals surface area contributed by atoms with E-state index in [1.807, 2.05) is 44.2 Å². The fourth-order valence-electron chi connectivity index (χ4n) is 2.21. The monoisotopic (exact) mass is 357 g/mol. The number of anilines is 1. The zero-order chi connectivity index (χ0) is 17.8. The lowest BCUT2D eigenvalue weighted by Crippen LogP contribution is -2.24. The normalized spacial score (nSPS) is 12.3. The average molecular weight is 357 g/mol. The van der Waals surface area contributed by atoms with Crippen molar-refractivity contribution in [1.29, 1.82) is 0 Å². The lowest BCUT2D eigenvalue weighted by molar-refractivity contribution is -0.115. The van der Waals surface area contributed by atoms with Gasteiger partial charge in [-0.15, -0.1) is 10.2 Å². The third-order valence-electron chi connectivity index (χ3n) is 3.48. The molecule has 130 valence electrons. The zero-order valence-electron chi connectivity index (χ0n) is 14.2. The molecule has 8 heteroatoms. The third kappa shape index (κ3) is 4.08. The summed E-state index contributed by atoms with van der Waals surface area (Å²) in [6.45, 7) is 5.80. The van der Waals surface area contributed by atoms with Gasteiger partial charge < -0.3 is 9.73 Å². The minimum atomic E-state index is -0.389. The van der Waals surface area contributed by atoms with E-state index in [4.69, 9.17) is 4.42 Å². The Balaban J connectivity index is 1.64. The van der Waals surface area contributed by atoms with Crippen molar-refractivity contribution in [2.24, 2.45) is 0 Å². The minimum Gasteiger partial charge on any atom is -0.411 e. The molecule has 2 heterocycles. The van der Waals surface area contributed by atoms with Gasteiger partial charge in [0.15, 0.2) is 0 Å². The maximum Gasteiger partial charge on any atom is 0.277 e. The number of amides is 1. The van der Waals surface area contributed by atoms with Crippen LogP contribution in [0, 0.1) is 0 Å². The summed E-state index contributed by atoms with van der Waals surface area (Å²) in [4.78, 5) is 12.4. The quantitative estimate of drug-likeness (QED) is 0.678. The second kappa shape index (κ2) is 7.52. The molecular formula is C17H19N5O2S. The number of rotatable bonds is 6. The summed E-state index contributed by atoms with van der Waals surface area (Å²) in [7, 11) is 0. The van der Waals surface area contributed by atoms with Gasteiger partial charge in [-0.05, 0) is 32.9 Å². The number of aromatic nitrogens is 4. The number of thioether (sulfide) groups is 1. The third-order valence-corrected chi connectivity index (χ3v) is 4.42. The molecule has 3 aromatic rings. The van der Waals surface area contributed by atoms with Crippen LogP contribution in [0.25, 0.3) is 11.5 Å². The molecule has 1 atom stereocenters. The number of nitrogens with zero attached hydrogens (tertiary/aromatic N) is 4. The Morgan fingerprint density at radius 2 is 1.92 bits per heavy atom. The summed E-state index contributed by atoms with van der Waals surface area (Å²) < 4.78 is 7.39. The summed E-state index contributed by atoms with van der Waals surface area (Å²) in [5.74, 6) is 0.961. The van der Waals surface area contributed by atoms with Gasteiger partial charge in [0.25, 0.3) is 5.22 Å². The molecule has 1 aromatic carbocycles. The Labute approximate surface area is 149 Å².